The lowest BCUT2D eigenvalue weighted by Gasteiger charge is -2.08. The number of ether oxygens (including phenoxy) is 1. The molecule has 1 N–H and O–H groups in total. The Morgan fingerprint density at radius 2 is 1.88 bits per heavy atom. The van der Waals surface area contributed by atoms with Crippen LogP contribution in [0.4, 0.5) is 11.4 Å². The number of nitro benzene ring substituents is 1. The SMILES string of the molecule is CC(=O)Nc1ccc(C(=O)COc2ccc([N+](=O)[O-])cc2Cl)cc1. The fourth-order valence-electron chi connectivity index (χ4n) is 1.89. The maximum Gasteiger partial charge on any atom is 0.271 e. The molecule has 0 radical (unpaired) electrons. The average Bonchev–Trinajstić information content (AvgIpc) is 2.53. The molecule has 0 saturated carbocycles. The van der Waals surface area contributed by atoms with Gasteiger partial charge in [0.15, 0.2) is 12.4 Å². The third-order valence-electron chi connectivity index (χ3n) is 3.01. The van der Waals surface area contributed by atoms with Crippen LogP contribution >= 0.6 is 11.6 Å². The van der Waals surface area contributed by atoms with E-state index in [9.17, 15) is 19.7 Å². The highest BCUT2D eigenvalue weighted by molar-refractivity contribution is 6.32. The van der Waals surface area contributed by atoms with Crippen molar-refractivity contribution < 1.29 is 19.2 Å². The van der Waals surface area contributed by atoms with Crippen LogP contribution in [-0.2, 0) is 4.79 Å². The minimum Gasteiger partial charge on any atom is -0.484 e. The summed E-state index contributed by atoms with van der Waals surface area (Å²) >= 11 is 5.89. The molecule has 24 heavy (non-hydrogen) atoms. The van der Waals surface area contributed by atoms with Crippen LogP contribution in [0.15, 0.2) is 42.5 Å². The molecule has 7 nitrogen and oxygen atoms in total. The van der Waals surface area contributed by atoms with E-state index in [1.807, 2.05) is 0 Å². The van der Waals surface area contributed by atoms with Gasteiger partial charge in [0.25, 0.3) is 5.69 Å². The molecule has 0 saturated heterocycles. The van der Waals surface area contributed by atoms with E-state index in [1.54, 1.807) is 24.3 Å². The number of amides is 1. The van der Waals surface area contributed by atoms with Gasteiger partial charge in [-0.15, -0.1) is 0 Å². The first kappa shape index (κ1) is 17.4. The molecule has 0 bridgehead atoms. The number of benzene rings is 2. The molecule has 0 atom stereocenters. The number of nitro groups is 1. The summed E-state index contributed by atoms with van der Waals surface area (Å²) in [6, 6.07) is 10.1. The second-order valence-corrected chi connectivity index (χ2v) is 5.25. The summed E-state index contributed by atoms with van der Waals surface area (Å²) in [6.45, 7) is 1.12. The van der Waals surface area contributed by atoms with Gasteiger partial charge in [-0.25, -0.2) is 0 Å². The Labute approximate surface area is 142 Å². The van der Waals surface area contributed by atoms with Crippen molar-refractivity contribution in [2.24, 2.45) is 0 Å². The fourth-order valence-corrected chi connectivity index (χ4v) is 2.12. The molecule has 0 aliphatic heterocycles. The summed E-state index contributed by atoms with van der Waals surface area (Å²) < 4.78 is 5.31. The molecule has 1 amide bonds. The monoisotopic (exact) mass is 348 g/mol. The molecular weight excluding hydrogens is 336 g/mol. The highest BCUT2D eigenvalue weighted by Gasteiger charge is 2.12. The van der Waals surface area contributed by atoms with Gasteiger partial charge >= 0.3 is 0 Å². The van der Waals surface area contributed by atoms with Gasteiger partial charge in [-0.3, -0.25) is 19.7 Å². The first-order chi connectivity index (χ1) is 11.4. The van der Waals surface area contributed by atoms with Crippen molar-refractivity contribution in [3.05, 3.63) is 63.2 Å². The lowest BCUT2D eigenvalue weighted by atomic mass is 10.1. The van der Waals surface area contributed by atoms with Crippen molar-refractivity contribution in [2.75, 3.05) is 11.9 Å². The molecule has 0 aliphatic carbocycles. The standard InChI is InChI=1S/C16H13ClN2O5/c1-10(20)18-12-4-2-11(3-5-12)15(21)9-24-16-7-6-13(19(22)23)8-14(16)17/h2-8H,9H2,1H3,(H,18,20). The number of carbonyl (C=O) groups excluding carboxylic acids is 2. The van der Waals surface area contributed by atoms with E-state index in [0.717, 1.165) is 6.07 Å². The molecule has 8 heteroatoms. The minimum atomic E-state index is -0.572. The van der Waals surface area contributed by atoms with Crippen molar-refractivity contribution in [2.45, 2.75) is 6.92 Å². The average molecular weight is 349 g/mol. The summed E-state index contributed by atoms with van der Waals surface area (Å²) in [7, 11) is 0. The zero-order valence-corrected chi connectivity index (χ0v) is 13.4. The summed E-state index contributed by atoms with van der Waals surface area (Å²) in [6.07, 6.45) is 0. The van der Waals surface area contributed by atoms with E-state index in [-0.39, 0.29) is 34.8 Å². The number of nitrogens with zero attached hydrogens (tertiary/aromatic N) is 1. The molecule has 0 spiro atoms. The number of non-ortho nitro benzene ring substituents is 1. The molecule has 0 fully saturated rings. The Morgan fingerprint density at radius 3 is 2.42 bits per heavy atom. The third kappa shape index (κ3) is 4.53. The van der Waals surface area contributed by atoms with Crippen molar-refractivity contribution in [1.82, 2.24) is 0 Å². The molecule has 0 unspecified atom stereocenters. The fraction of sp³-hybridized carbons (Fsp3) is 0.125. The molecule has 2 aromatic rings. The van der Waals surface area contributed by atoms with E-state index < -0.39 is 4.92 Å². The van der Waals surface area contributed by atoms with E-state index in [2.05, 4.69) is 5.32 Å². The van der Waals surface area contributed by atoms with Crippen molar-refractivity contribution >= 4 is 34.7 Å². The number of nitrogens with one attached hydrogen (secondary N) is 1. The molecule has 0 aromatic heterocycles. The predicted octanol–water partition coefficient (Wildman–Crippen LogP) is 3.47. The van der Waals surface area contributed by atoms with Crippen LogP contribution in [0.2, 0.25) is 5.02 Å². The van der Waals surface area contributed by atoms with Crippen molar-refractivity contribution in [1.29, 1.82) is 0 Å². The number of rotatable bonds is 6. The maximum atomic E-state index is 12.1. The number of Topliss-reactive ketones (excluding diaryl/α,β-unsaturated/α-hetero) is 1. The van der Waals surface area contributed by atoms with Gasteiger partial charge in [0.2, 0.25) is 5.91 Å². The Balaban J connectivity index is 2.00. The summed E-state index contributed by atoms with van der Waals surface area (Å²) in [5, 5.41) is 13.3. The van der Waals surface area contributed by atoms with Crippen LogP contribution in [-0.4, -0.2) is 23.2 Å². The molecule has 0 aliphatic rings. The Hall–Kier alpha value is -2.93. The zero-order chi connectivity index (χ0) is 17.7. The largest absolute Gasteiger partial charge is 0.484 e. The quantitative estimate of drug-likeness (QED) is 0.489. The number of anilines is 1. The number of hydrogen-bond donors (Lipinski definition) is 1. The second-order valence-electron chi connectivity index (χ2n) is 4.84. The van der Waals surface area contributed by atoms with Gasteiger partial charge in [0, 0.05) is 30.3 Å². The first-order valence-electron chi connectivity index (χ1n) is 6.84. The van der Waals surface area contributed by atoms with Crippen LogP contribution in [0, 0.1) is 10.1 Å². The maximum absolute atomic E-state index is 12.1. The number of halogens is 1. The van der Waals surface area contributed by atoms with Crippen LogP contribution in [0.1, 0.15) is 17.3 Å². The van der Waals surface area contributed by atoms with E-state index in [0.29, 0.717) is 11.3 Å². The highest BCUT2D eigenvalue weighted by atomic mass is 35.5. The van der Waals surface area contributed by atoms with E-state index in [4.69, 9.17) is 16.3 Å². The normalized spacial score (nSPS) is 10.1. The molecule has 2 aromatic carbocycles. The molecule has 2 rings (SSSR count). The van der Waals surface area contributed by atoms with Crippen LogP contribution < -0.4 is 10.1 Å². The predicted molar refractivity (Wildman–Crippen MR) is 88.7 cm³/mol. The molecule has 0 heterocycles. The van der Waals surface area contributed by atoms with Crippen molar-refractivity contribution in [3.8, 4) is 5.75 Å². The minimum absolute atomic E-state index is 0.0537. The summed E-state index contributed by atoms with van der Waals surface area (Å²) in [5.41, 5.74) is 0.827. The van der Waals surface area contributed by atoms with Gasteiger partial charge in [0.1, 0.15) is 5.75 Å². The van der Waals surface area contributed by atoms with Crippen molar-refractivity contribution in [3.63, 3.8) is 0 Å². The van der Waals surface area contributed by atoms with Gasteiger partial charge in [-0.05, 0) is 30.3 Å². The Bertz CT molecular complexity index is 790. The second kappa shape index (κ2) is 7.56. The summed E-state index contributed by atoms with van der Waals surface area (Å²) in [4.78, 5) is 33.1. The lowest BCUT2D eigenvalue weighted by Crippen LogP contribution is -2.12. The lowest BCUT2D eigenvalue weighted by molar-refractivity contribution is -0.384. The van der Waals surface area contributed by atoms with Gasteiger partial charge in [0.05, 0.1) is 9.95 Å². The van der Waals surface area contributed by atoms with Gasteiger partial charge < -0.3 is 10.1 Å². The topological polar surface area (TPSA) is 98.5 Å². The van der Waals surface area contributed by atoms with Gasteiger partial charge in [-0.1, -0.05) is 11.6 Å². The first-order valence-corrected chi connectivity index (χ1v) is 7.22. The van der Waals surface area contributed by atoms with Gasteiger partial charge in [-0.2, -0.15) is 0 Å². The Kier molecular flexibility index (Phi) is 5.49. The third-order valence-corrected chi connectivity index (χ3v) is 3.31. The number of carbonyl (C=O) groups is 2. The van der Waals surface area contributed by atoms with Crippen LogP contribution in [0.3, 0.4) is 0 Å². The summed E-state index contributed by atoms with van der Waals surface area (Å²) in [5.74, 6) is -0.311. The van der Waals surface area contributed by atoms with E-state index >= 15 is 0 Å². The van der Waals surface area contributed by atoms with Crippen LogP contribution in [0.5, 0.6) is 5.75 Å². The highest BCUT2D eigenvalue weighted by Crippen LogP contribution is 2.28. The zero-order valence-electron chi connectivity index (χ0n) is 12.6. The Morgan fingerprint density at radius 1 is 1.21 bits per heavy atom. The number of hydrogen-bond acceptors (Lipinski definition) is 5. The smallest absolute Gasteiger partial charge is 0.271 e. The molecular formula is C16H13ClN2O5. The molecule has 124 valence electrons. The van der Waals surface area contributed by atoms with Crippen LogP contribution in [0.25, 0.3) is 0 Å². The number of ketones is 1. The van der Waals surface area contributed by atoms with E-state index in [1.165, 1.54) is 19.1 Å².